The van der Waals surface area contributed by atoms with Gasteiger partial charge in [-0.3, -0.25) is 4.79 Å². The Hall–Kier alpha value is -1.78. The predicted octanol–water partition coefficient (Wildman–Crippen LogP) is 2.33. The van der Waals surface area contributed by atoms with Crippen LogP contribution in [0, 0.1) is 11.6 Å². The van der Waals surface area contributed by atoms with E-state index in [1.165, 1.54) is 11.8 Å². The van der Waals surface area contributed by atoms with Crippen molar-refractivity contribution in [1.29, 1.82) is 0 Å². The van der Waals surface area contributed by atoms with E-state index in [1.54, 1.807) is 7.05 Å². The standard InChI is InChI=1S/C14H17F2NO2/c1-10(18)3-6-14(19)17(2)8-7-11-9-12(15)4-5-13(11)16/h4-5,9H,3,6-8H2,1-2H3. The number of amides is 1. The van der Waals surface area contributed by atoms with Gasteiger partial charge in [-0.05, 0) is 37.1 Å². The number of carbonyl (C=O) groups is 2. The lowest BCUT2D eigenvalue weighted by Crippen LogP contribution is -2.29. The van der Waals surface area contributed by atoms with Crippen LogP contribution in [0.2, 0.25) is 0 Å². The highest BCUT2D eigenvalue weighted by Crippen LogP contribution is 2.11. The summed E-state index contributed by atoms with van der Waals surface area (Å²) in [5.41, 5.74) is 0.242. The van der Waals surface area contributed by atoms with Crippen LogP contribution in [0.25, 0.3) is 0 Å². The van der Waals surface area contributed by atoms with Gasteiger partial charge in [0.15, 0.2) is 0 Å². The second kappa shape index (κ2) is 6.97. The topological polar surface area (TPSA) is 37.4 Å². The highest BCUT2D eigenvalue weighted by molar-refractivity contribution is 5.83. The molecular formula is C14H17F2NO2. The summed E-state index contributed by atoms with van der Waals surface area (Å²) in [7, 11) is 1.58. The first-order valence-electron chi connectivity index (χ1n) is 6.07. The number of benzene rings is 1. The normalized spacial score (nSPS) is 10.3. The first-order chi connectivity index (χ1) is 8.90. The molecule has 1 aromatic rings. The Kier molecular flexibility index (Phi) is 5.60. The minimum absolute atomic E-state index is 0.0436. The number of nitrogens with zero attached hydrogens (tertiary/aromatic N) is 1. The molecule has 0 aliphatic heterocycles. The molecule has 1 aromatic carbocycles. The zero-order valence-corrected chi connectivity index (χ0v) is 11.1. The summed E-state index contributed by atoms with van der Waals surface area (Å²) in [6.45, 7) is 1.71. The van der Waals surface area contributed by atoms with E-state index < -0.39 is 11.6 Å². The number of hydrogen-bond donors (Lipinski definition) is 0. The van der Waals surface area contributed by atoms with Crippen molar-refractivity contribution in [2.75, 3.05) is 13.6 Å². The van der Waals surface area contributed by atoms with Crippen molar-refractivity contribution in [3.05, 3.63) is 35.4 Å². The van der Waals surface area contributed by atoms with Crippen molar-refractivity contribution in [2.45, 2.75) is 26.2 Å². The van der Waals surface area contributed by atoms with E-state index in [0.29, 0.717) is 0 Å². The van der Waals surface area contributed by atoms with Crippen LogP contribution in [-0.4, -0.2) is 30.2 Å². The third kappa shape index (κ3) is 5.16. The van der Waals surface area contributed by atoms with Crippen LogP contribution in [0.4, 0.5) is 8.78 Å². The first-order valence-corrected chi connectivity index (χ1v) is 6.07. The van der Waals surface area contributed by atoms with Gasteiger partial charge in [0.2, 0.25) is 5.91 Å². The van der Waals surface area contributed by atoms with Crippen LogP contribution in [0.15, 0.2) is 18.2 Å². The molecule has 0 N–H and O–H groups in total. The minimum Gasteiger partial charge on any atom is -0.345 e. The predicted molar refractivity (Wildman–Crippen MR) is 67.6 cm³/mol. The van der Waals surface area contributed by atoms with Crippen LogP contribution in [0.1, 0.15) is 25.3 Å². The van der Waals surface area contributed by atoms with Crippen LogP contribution in [-0.2, 0) is 16.0 Å². The van der Waals surface area contributed by atoms with Crippen molar-refractivity contribution < 1.29 is 18.4 Å². The van der Waals surface area contributed by atoms with E-state index in [1.807, 2.05) is 0 Å². The zero-order valence-electron chi connectivity index (χ0n) is 11.1. The van der Waals surface area contributed by atoms with E-state index in [2.05, 4.69) is 0 Å². The van der Waals surface area contributed by atoms with E-state index >= 15 is 0 Å². The maximum absolute atomic E-state index is 13.4. The summed E-state index contributed by atoms with van der Waals surface area (Å²) in [6, 6.07) is 3.26. The van der Waals surface area contributed by atoms with Crippen LogP contribution in [0.5, 0.6) is 0 Å². The average Bonchev–Trinajstić information content (AvgIpc) is 2.36. The molecule has 0 saturated heterocycles. The minimum atomic E-state index is -0.498. The molecule has 0 saturated carbocycles. The van der Waals surface area contributed by atoms with Gasteiger partial charge in [0.1, 0.15) is 17.4 Å². The van der Waals surface area contributed by atoms with Crippen LogP contribution in [0.3, 0.4) is 0 Å². The van der Waals surface area contributed by atoms with Gasteiger partial charge in [-0.15, -0.1) is 0 Å². The number of Topliss-reactive ketones (excluding diaryl/α,β-unsaturated/α-hetero) is 1. The molecule has 0 aliphatic carbocycles. The molecule has 0 fully saturated rings. The lowest BCUT2D eigenvalue weighted by atomic mass is 10.1. The fourth-order valence-corrected chi connectivity index (χ4v) is 1.62. The van der Waals surface area contributed by atoms with E-state index in [-0.39, 0.29) is 43.1 Å². The highest BCUT2D eigenvalue weighted by Gasteiger charge is 2.11. The average molecular weight is 269 g/mol. The SMILES string of the molecule is CC(=O)CCC(=O)N(C)CCc1cc(F)ccc1F. The summed E-state index contributed by atoms with van der Waals surface area (Å²) in [6.07, 6.45) is 0.598. The molecule has 0 bridgehead atoms. The highest BCUT2D eigenvalue weighted by atomic mass is 19.1. The molecule has 0 aliphatic rings. The molecule has 19 heavy (non-hydrogen) atoms. The Morgan fingerprint density at radius 2 is 1.89 bits per heavy atom. The van der Waals surface area contributed by atoms with E-state index in [9.17, 15) is 18.4 Å². The molecule has 0 heterocycles. The van der Waals surface area contributed by atoms with Gasteiger partial charge in [-0.1, -0.05) is 0 Å². The largest absolute Gasteiger partial charge is 0.345 e. The molecule has 1 rings (SSSR count). The summed E-state index contributed by atoms with van der Waals surface area (Å²) >= 11 is 0. The number of halogens is 2. The fourth-order valence-electron chi connectivity index (χ4n) is 1.62. The first kappa shape index (κ1) is 15.3. The van der Waals surface area contributed by atoms with Gasteiger partial charge in [0.25, 0.3) is 0 Å². The van der Waals surface area contributed by atoms with Gasteiger partial charge in [-0.2, -0.15) is 0 Å². The molecule has 3 nitrogen and oxygen atoms in total. The molecule has 104 valence electrons. The fraction of sp³-hybridized carbons (Fsp3) is 0.429. The number of rotatable bonds is 6. The van der Waals surface area contributed by atoms with Crippen molar-refractivity contribution in [2.24, 2.45) is 0 Å². The van der Waals surface area contributed by atoms with Gasteiger partial charge in [-0.25, -0.2) is 8.78 Å². The lowest BCUT2D eigenvalue weighted by Gasteiger charge is -2.17. The lowest BCUT2D eigenvalue weighted by molar-refractivity contribution is -0.131. The zero-order chi connectivity index (χ0) is 14.4. The van der Waals surface area contributed by atoms with Crippen LogP contribution < -0.4 is 0 Å². The number of carbonyl (C=O) groups excluding carboxylic acids is 2. The van der Waals surface area contributed by atoms with Crippen molar-refractivity contribution in [1.82, 2.24) is 4.90 Å². The molecule has 5 heteroatoms. The third-order valence-corrected chi connectivity index (χ3v) is 2.84. The molecule has 0 aromatic heterocycles. The van der Waals surface area contributed by atoms with Crippen molar-refractivity contribution >= 4 is 11.7 Å². The van der Waals surface area contributed by atoms with Crippen LogP contribution >= 0.6 is 0 Å². The summed E-state index contributed by atoms with van der Waals surface area (Å²) < 4.78 is 26.3. The number of likely N-dealkylation sites (N-methyl/N-ethyl adjacent to an activating group) is 1. The summed E-state index contributed by atoms with van der Waals surface area (Å²) in [4.78, 5) is 23.8. The van der Waals surface area contributed by atoms with Gasteiger partial charge >= 0.3 is 0 Å². The van der Waals surface area contributed by atoms with Crippen molar-refractivity contribution in [3.8, 4) is 0 Å². The van der Waals surface area contributed by atoms with E-state index in [4.69, 9.17) is 0 Å². The van der Waals surface area contributed by atoms with Gasteiger partial charge in [0, 0.05) is 26.4 Å². The van der Waals surface area contributed by atoms with Gasteiger partial charge < -0.3 is 9.69 Å². The number of ketones is 1. The third-order valence-electron chi connectivity index (χ3n) is 2.84. The Morgan fingerprint density at radius 1 is 1.21 bits per heavy atom. The number of hydrogen-bond acceptors (Lipinski definition) is 2. The Balaban J connectivity index is 2.49. The van der Waals surface area contributed by atoms with Gasteiger partial charge in [0.05, 0.1) is 0 Å². The Labute approximate surface area is 111 Å². The smallest absolute Gasteiger partial charge is 0.222 e. The second-order valence-electron chi connectivity index (χ2n) is 4.50. The monoisotopic (exact) mass is 269 g/mol. The Morgan fingerprint density at radius 3 is 2.53 bits per heavy atom. The molecule has 0 atom stereocenters. The second-order valence-corrected chi connectivity index (χ2v) is 4.50. The molecule has 0 unspecified atom stereocenters. The van der Waals surface area contributed by atoms with Crippen molar-refractivity contribution in [3.63, 3.8) is 0 Å². The molecular weight excluding hydrogens is 252 g/mol. The quantitative estimate of drug-likeness (QED) is 0.795. The summed E-state index contributed by atoms with van der Waals surface area (Å²) in [5, 5.41) is 0. The molecule has 0 spiro atoms. The maximum atomic E-state index is 13.4. The maximum Gasteiger partial charge on any atom is 0.222 e. The molecule has 1 amide bonds. The van der Waals surface area contributed by atoms with E-state index in [0.717, 1.165) is 18.2 Å². The molecule has 0 radical (unpaired) electrons. The summed E-state index contributed by atoms with van der Waals surface area (Å²) in [5.74, 6) is -1.20. The Bertz CT molecular complexity index is 475.